The summed E-state index contributed by atoms with van der Waals surface area (Å²) in [6, 6.07) is 0.0657. The van der Waals surface area contributed by atoms with Crippen LogP contribution in [0, 0.1) is 17.8 Å². The fourth-order valence-corrected chi connectivity index (χ4v) is 6.32. The maximum atomic E-state index is 14.0. The van der Waals surface area contributed by atoms with Crippen molar-refractivity contribution in [3.05, 3.63) is 41.6 Å². The minimum atomic E-state index is -4.48. The van der Waals surface area contributed by atoms with E-state index in [-0.39, 0.29) is 35.8 Å². The lowest BCUT2D eigenvalue weighted by atomic mass is 9.77. The number of rotatable bonds is 11. The van der Waals surface area contributed by atoms with Gasteiger partial charge in [-0.15, -0.1) is 5.10 Å². The molecule has 19 heteroatoms. The predicted molar refractivity (Wildman–Crippen MR) is 147 cm³/mol. The van der Waals surface area contributed by atoms with E-state index in [2.05, 4.69) is 31.0 Å². The molecule has 3 heterocycles. The van der Waals surface area contributed by atoms with Crippen LogP contribution in [0.2, 0.25) is 0 Å². The number of alkyl halides is 9. The number of halogens is 9. The molecule has 6 rings (SSSR count). The summed E-state index contributed by atoms with van der Waals surface area (Å²) in [5, 5.41) is 17.0. The molecule has 0 spiro atoms. The second kappa shape index (κ2) is 12.2. The highest BCUT2D eigenvalue weighted by Gasteiger charge is 2.71. The minimum Gasteiger partial charge on any atom is -0.349 e. The highest BCUT2D eigenvalue weighted by molar-refractivity contribution is 5.92. The lowest BCUT2D eigenvalue weighted by Gasteiger charge is -2.43. The number of hydrogen-bond donors (Lipinski definition) is 2. The Labute approximate surface area is 266 Å². The van der Waals surface area contributed by atoms with Crippen LogP contribution in [-0.2, 0) is 11.3 Å². The van der Waals surface area contributed by atoms with Gasteiger partial charge in [0.1, 0.15) is 0 Å². The molecule has 3 atom stereocenters. The van der Waals surface area contributed by atoms with Gasteiger partial charge in [-0.3, -0.25) is 14.3 Å². The van der Waals surface area contributed by atoms with E-state index >= 15 is 0 Å². The molecule has 2 unspecified atom stereocenters. The fraction of sp³-hybridized carbons (Fsp3) is 0.655. The Hall–Kier alpha value is -3.93. The van der Waals surface area contributed by atoms with Crippen LogP contribution in [0.15, 0.2) is 24.7 Å². The Balaban J connectivity index is 1.20. The third kappa shape index (κ3) is 7.23. The number of aromatic nitrogens is 6. The van der Waals surface area contributed by atoms with Crippen LogP contribution < -0.4 is 10.6 Å². The summed E-state index contributed by atoms with van der Waals surface area (Å²) in [5.41, 5.74) is 0.714. The molecule has 2 amide bonds. The molecule has 2 N–H and O–H groups in total. The Kier molecular flexibility index (Phi) is 8.62. The summed E-state index contributed by atoms with van der Waals surface area (Å²) in [6.07, 6.45) is -2.89. The first-order valence-corrected chi connectivity index (χ1v) is 15.5. The molecule has 3 fully saturated rings. The normalized spacial score (nSPS) is 23.3. The van der Waals surface area contributed by atoms with Gasteiger partial charge in [-0.1, -0.05) is 5.21 Å². The number of imidazole rings is 1. The molecular weight excluding hydrogens is 663 g/mol. The summed E-state index contributed by atoms with van der Waals surface area (Å²) >= 11 is 0. The third-order valence-corrected chi connectivity index (χ3v) is 9.28. The number of fused-ring (bicyclic) bond motifs is 1. The molecule has 0 saturated heterocycles. The SMILES string of the molecule is O=C(CCC(F)(F)F)NC(c1cnn2cc([C@@H](NC(=O)c3cn(CC4CC(F)(F)C4(F)F)nn3)C3CCC(F)(F)CC3)nc2c1)C1CC1. The Bertz CT molecular complexity index is 1660. The molecule has 3 aromatic rings. The Morgan fingerprint density at radius 1 is 0.958 bits per heavy atom. The highest BCUT2D eigenvalue weighted by Crippen LogP contribution is 2.55. The first-order valence-electron chi connectivity index (χ1n) is 15.5. The molecule has 3 aromatic heterocycles. The van der Waals surface area contributed by atoms with Crippen molar-refractivity contribution in [2.45, 2.75) is 100 Å². The van der Waals surface area contributed by atoms with E-state index in [0.717, 1.165) is 23.7 Å². The van der Waals surface area contributed by atoms with Gasteiger partial charge in [-0.05, 0) is 49.1 Å². The van der Waals surface area contributed by atoms with E-state index in [1.54, 1.807) is 6.07 Å². The topological polar surface area (TPSA) is 119 Å². The lowest BCUT2D eigenvalue weighted by Crippen LogP contribution is -2.59. The van der Waals surface area contributed by atoms with Crippen molar-refractivity contribution in [3.8, 4) is 0 Å². The van der Waals surface area contributed by atoms with Crippen LogP contribution in [0.4, 0.5) is 39.5 Å². The molecule has 262 valence electrons. The Morgan fingerprint density at radius 2 is 1.65 bits per heavy atom. The highest BCUT2D eigenvalue weighted by atomic mass is 19.4. The molecule has 0 aliphatic heterocycles. The van der Waals surface area contributed by atoms with Gasteiger partial charge in [0.15, 0.2) is 11.3 Å². The second-order valence-corrected chi connectivity index (χ2v) is 13.0. The third-order valence-electron chi connectivity index (χ3n) is 9.28. The van der Waals surface area contributed by atoms with Gasteiger partial charge in [0.2, 0.25) is 11.8 Å². The number of carbonyl (C=O) groups is 2. The zero-order valence-corrected chi connectivity index (χ0v) is 25.2. The van der Waals surface area contributed by atoms with Gasteiger partial charge >= 0.3 is 18.0 Å². The predicted octanol–water partition coefficient (Wildman–Crippen LogP) is 5.82. The molecule has 10 nitrogen and oxygen atoms in total. The molecule has 3 aliphatic rings. The van der Waals surface area contributed by atoms with Crippen molar-refractivity contribution >= 4 is 17.5 Å². The summed E-state index contributed by atoms with van der Waals surface area (Å²) in [4.78, 5) is 30.2. The molecule has 0 bridgehead atoms. The number of nitrogens with zero attached hydrogens (tertiary/aromatic N) is 6. The minimum absolute atomic E-state index is 0.00473. The van der Waals surface area contributed by atoms with Crippen LogP contribution in [0.5, 0.6) is 0 Å². The standard InChI is InChI=1S/C29H31F9N8O2/c30-26(31)6-3-16(4-7-26)24(42-25(48)20-13-45(44-43-20)12-18-10-27(32,33)29(18,37)38)19-14-46-21(40-19)9-17(11-39-46)23(15-1-2-15)41-22(47)5-8-28(34,35)36/h9,11,13-16,18,23-24H,1-8,10,12H2,(H,41,47)(H,42,48)/t18?,23?,24-/m0/s1. The number of hydrogen-bond acceptors (Lipinski definition) is 6. The zero-order chi connectivity index (χ0) is 34.6. The quantitative estimate of drug-likeness (QED) is 0.245. The van der Waals surface area contributed by atoms with Crippen molar-refractivity contribution in [3.63, 3.8) is 0 Å². The van der Waals surface area contributed by atoms with Crippen LogP contribution in [0.25, 0.3) is 5.65 Å². The van der Waals surface area contributed by atoms with Crippen molar-refractivity contribution in [2.24, 2.45) is 17.8 Å². The van der Waals surface area contributed by atoms with E-state index in [9.17, 15) is 49.1 Å². The van der Waals surface area contributed by atoms with Crippen molar-refractivity contribution in [1.29, 1.82) is 0 Å². The first kappa shape index (κ1) is 34.0. The summed E-state index contributed by atoms with van der Waals surface area (Å²) in [5.74, 6) is -15.0. The zero-order valence-electron chi connectivity index (χ0n) is 25.2. The van der Waals surface area contributed by atoms with Crippen LogP contribution in [0.1, 0.15) is 91.6 Å². The van der Waals surface area contributed by atoms with Crippen molar-refractivity contribution in [1.82, 2.24) is 40.2 Å². The van der Waals surface area contributed by atoms with Crippen molar-refractivity contribution in [2.75, 3.05) is 0 Å². The van der Waals surface area contributed by atoms with E-state index in [4.69, 9.17) is 0 Å². The van der Waals surface area contributed by atoms with Gasteiger partial charge in [-0.25, -0.2) is 18.3 Å². The van der Waals surface area contributed by atoms with Crippen LogP contribution in [0.3, 0.4) is 0 Å². The smallest absolute Gasteiger partial charge is 0.349 e. The van der Waals surface area contributed by atoms with Crippen molar-refractivity contribution < 1.29 is 49.1 Å². The van der Waals surface area contributed by atoms with Gasteiger partial charge in [0.05, 0.1) is 55.3 Å². The summed E-state index contributed by atoms with van der Waals surface area (Å²) in [6.45, 7) is -0.602. The molecule has 48 heavy (non-hydrogen) atoms. The van der Waals surface area contributed by atoms with Crippen LogP contribution in [-0.4, -0.2) is 65.4 Å². The van der Waals surface area contributed by atoms with Gasteiger partial charge < -0.3 is 10.6 Å². The lowest BCUT2D eigenvalue weighted by molar-refractivity contribution is -0.316. The summed E-state index contributed by atoms with van der Waals surface area (Å²) < 4.78 is 122. The van der Waals surface area contributed by atoms with E-state index in [1.165, 1.54) is 16.9 Å². The molecule has 3 aliphatic carbocycles. The number of nitrogens with one attached hydrogen (secondary N) is 2. The van der Waals surface area contributed by atoms with Crippen LogP contribution >= 0.6 is 0 Å². The molecule has 3 saturated carbocycles. The monoisotopic (exact) mass is 694 g/mol. The van der Waals surface area contributed by atoms with Gasteiger partial charge in [0, 0.05) is 25.7 Å². The maximum absolute atomic E-state index is 14.0. The van der Waals surface area contributed by atoms with Gasteiger partial charge in [-0.2, -0.15) is 35.8 Å². The van der Waals surface area contributed by atoms with E-state index in [0.29, 0.717) is 5.56 Å². The number of amides is 2. The van der Waals surface area contributed by atoms with Gasteiger partial charge in [0.25, 0.3) is 5.91 Å². The maximum Gasteiger partial charge on any atom is 0.389 e. The van der Waals surface area contributed by atoms with E-state index < -0.39 is 98.3 Å². The Morgan fingerprint density at radius 3 is 2.27 bits per heavy atom. The average molecular weight is 695 g/mol. The molecule has 0 aromatic carbocycles. The average Bonchev–Trinajstić information content (AvgIpc) is 3.58. The second-order valence-electron chi connectivity index (χ2n) is 13.0. The fourth-order valence-electron chi connectivity index (χ4n) is 6.32. The molecule has 0 radical (unpaired) electrons. The van der Waals surface area contributed by atoms with E-state index in [1.807, 2.05) is 0 Å². The first-order chi connectivity index (χ1) is 22.4. The largest absolute Gasteiger partial charge is 0.389 e. The molecular formula is C29H31F9N8O2. The summed E-state index contributed by atoms with van der Waals surface area (Å²) in [7, 11) is 0. The number of carbonyl (C=O) groups excluding carboxylic acids is 2.